The Bertz CT molecular complexity index is 552. The van der Waals surface area contributed by atoms with Gasteiger partial charge in [0.25, 0.3) is 5.91 Å². The predicted molar refractivity (Wildman–Crippen MR) is 80.8 cm³/mol. The summed E-state index contributed by atoms with van der Waals surface area (Å²) < 4.78 is 5.48. The van der Waals surface area contributed by atoms with E-state index in [0.29, 0.717) is 18.0 Å². The number of carbonyl (C=O) groups excluding carboxylic acids is 1. The quantitative estimate of drug-likeness (QED) is 0.850. The molecule has 0 saturated heterocycles. The second-order valence-corrected chi connectivity index (χ2v) is 4.33. The van der Waals surface area contributed by atoms with E-state index in [9.17, 15) is 4.79 Å². The zero-order chi connectivity index (χ0) is 14.4. The van der Waals surface area contributed by atoms with Crippen molar-refractivity contribution in [2.24, 2.45) is 0 Å². The van der Waals surface area contributed by atoms with Crippen LogP contribution in [0, 0.1) is 0 Å². The maximum Gasteiger partial charge on any atom is 0.264 e. The fourth-order valence-corrected chi connectivity index (χ4v) is 1.90. The molecule has 0 spiro atoms. The molecule has 2 aromatic rings. The summed E-state index contributed by atoms with van der Waals surface area (Å²) in [6, 6.07) is 16.5. The van der Waals surface area contributed by atoms with Gasteiger partial charge >= 0.3 is 0 Å². The van der Waals surface area contributed by atoms with Crippen molar-refractivity contribution in [2.45, 2.75) is 6.92 Å². The Labute approximate surface area is 118 Å². The number of nitrogens with zero attached hydrogens (tertiary/aromatic N) is 1. The lowest BCUT2D eigenvalue weighted by molar-refractivity contribution is -0.120. The van der Waals surface area contributed by atoms with Crippen LogP contribution < -0.4 is 15.4 Å². The first-order valence-electron chi connectivity index (χ1n) is 6.54. The molecule has 20 heavy (non-hydrogen) atoms. The molecule has 0 aliphatic rings. The minimum absolute atomic E-state index is 0.0161. The van der Waals surface area contributed by atoms with Crippen LogP contribution in [0.4, 0.5) is 11.4 Å². The molecule has 0 radical (unpaired) electrons. The zero-order valence-electron chi connectivity index (χ0n) is 11.5. The SMILES string of the molecule is CCN(C(=O)COc1ccccc1)c1ccc(N)cc1. The first kappa shape index (κ1) is 13.9. The van der Waals surface area contributed by atoms with Gasteiger partial charge in [-0.15, -0.1) is 0 Å². The highest BCUT2D eigenvalue weighted by molar-refractivity contribution is 5.94. The van der Waals surface area contributed by atoms with Gasteiger partial charge in [-0.1, -0.05) is 18.2 Å². The van der Waals surface area contributed by atoms with Crippen LogP contribution in [0.2, 0.25) is 0 Å². The largest absolute Gasteiger partial charge is 0.484 e. The number of benzene rings is 2. The molecule has 2 aromatic carbocycles. The topological polar surface area (TPSA) is 55.6 Å². The molecule has 2 rings (SSSR count). The average molecular weight is 270 g/mol. The van der Waals surface area contributed by atoms with Crippen molar-refractivity contribution in [1.82, 2.24) is 0 Å². The van der Waals surface area contributed by atoms with Gasteiger partial charge in [-0.2, -0.15) is 0 Å². The molecule has 4 nitrogen and oxygen atoms in total. The molecule has 2 N–H and O–H groups in total. The Balaban J connectivity index is 2.00. The van der Waals surface area contributed by atoms with E-state index >= 15 is 0 Å². The minimum atomic E-state index is -0.0823. The van der Waals surface area contributed by atoms with Crippen LogP contribution in [0.1, 0.15) is 6.92 Å². The number of carbonyl (C=O) groups is 1. The number of rotatable bonds is 5. The standard InChI is InChI=1S/C16H18N2O2/c1-2-18(14-10-8-13(17)9-11-14)16(19)12-20-15-6-4-3-5-7-15/h3-11H,2,12,17H2,1H3. The summed E-state index contributed by atoms with van der Waals surface area (Å²) in [5.74, 6) is 0.607. The zero-order valence-corrected chi connectivity index (χ0v) is 11.5. The molecule has 1 amide bonds. The summed E-state index contributed by atoms with van der Waals surface area (Å²) in [7, 11) is 0. The van der Waals surface area contributed by atoms with Crippen LogP contribution in [0.5, 0.6) is 5.75 Å². The lowest BCUT2D eigenvalue weighted by Gasteiger charge is -2.21. The van der Waals surface area contributed by atoms with Gasteiger partial charge in [-0.05, 0) is 43.3 Å². The Kier molecular flexibility index (Phi) is 4.60. The number of amides is 1. The molecule has 0 heterocycles. The summed E-state index contributed by atoms with van der Waals surface area (Å²) in [6.07, 6.45) is 0. The summed E-state index contributed by atoms with van der Waals surface area (Å²) >= 11 is 0. The molecule has 0 atom stereocenters. The van der Waals surface area contributed by atoms with Crippen LogP contribution in [0.3, 0.4) is 0 Å². The third-order valence-electron chi connectivity index (χ3n) is 2.93. The van der Waals surface area contributed by atoms with Gasteiger partial charge in [0.1, 0.15) is 5.75 Å². The Morgan fingerprint density at radius 2 is 1.75 bits per heavy atom. The molecule has 104 valence electrons. The lowest BCUT2D eigenvalue weighted by atomic mass is 10.2. The van der Waals surface area contributed by atoms with Crippen LogP contribution >= 0.6 is 0 Å². The fourth-order valence-electron chi connectivity index (χ4n) is 1.90. The van der Waals surface area contributed by atoms with Crippen molar-refractivity contribution in [2.75, 3.05) is 23.8 Å². The van der Waals surface area contributed by atoms with Crippen LogP contribution in [-0.4, -0.2) is 19.1 Å². The van der Waals surface area contributed by atoms with E-state index in [1.807, 2.05) is 49.4 Å². The number of hydrogen-bond donors (Lipinski definition) is 1. The van der Waals surface area contributed by atoms with E-state index in [-0.39, 0.29) is 12.5 Å². The third-order valence-corrected chi connectivity index (χ3v) is 2.93. The Morgan fingerprint density at radius 1 is 1.10 bits per heavy atom. The fraction of sp³-hybridized carbons (Fsp3) is 0.188. The molecule has 0 aliphatic carbocycles. The maximum absolute atomic E-state index is 12.2. The average Bonchev–Trinajstić information content (AvgIpc) is 2.49. The second kappa shape index (κ2) is 6.61. The molecular weight excluding hydrogens is 252 g/mol. The van der Waals surface area contributed by atoms with Gasteiger partial charge in [0.2, 0.25) is 0 Å². The van der Waals surface area contributed by atoms with E-state index in [2.05, 4.69) is 0 Å². The summed E-state index contributed by atoms with van der Waals surface area (Å²) in [6.45, 7) is 2.53. The first-order valence-corrected chi connectivity index (χ1v) is 6.54. The van der Waals surface area contributed by atoms with Gasteiger partial charge in [-0.25, -0.2) is 0 Å². The van der Waals surface area contributed by atoms with Crippen LogP contribution in [0.25, 0.3) is 0 Å². The highest BCUT2D eigenvalue weighted by Crippen LogP contribution is 2.17. The van der Waals surface area contributed by atoms with E-state index < -0.39 is 0 Å². The summed E-state index contributed by atoms with van der Waals surface area (Å²) in [5.41, 5.74) is 7.15. The lowest BCUT2D eigenvalue weighted by Crippen LogP contribution is -2.34. The number of nitrogens with two attached hydrogens (primary N) is 1. The molecule has 0 saturated carbocycles. The van der Waals surface area contributed by atoms with Crippen LogP contribution in [-0.2, 0) is 4.79 Å². The normalized spacial score (nSPS) is 10.1. The molecule has 0 aromatic heterocycles. The number of hydrogen-bond acceptors (Lipinski definition) is 3. The molecule has 0 fully saturated rings. The minimum Gasteiger partial charge on any atom is -0.484 e. The van der Waals surface area contributed by atoms with Gasteiger partial charge < -0.3 is 15.4 Å². The van der Waals surface area contributed by atoms with Crippen molar-refractivity contribution in [3.8, 4) is 5.75 Å². The van der Waals surface area contributed by atoms with Crippen molar-refractivity contribution >= 4 is 17.3 Å². The maximum atomic E-state index is 12.2. The van der Waals surface area contributed by atoms with Crippen molar-refractivity contribution in [3.05, 3.63) is 54.6 Å². The number of para-hydroxylation sites is 1. The highest BCUT2D eigenvalue weighted by Gasteiger charge is 2.14. The van der Waals surface area contributed by atoms with Crippen molar-refractivity contribution < 1.29 is 9.53 Å². The molecule has 0 aliphatic heterocycles. The summed E-state index contributed by atoms with van der Waals surface area (Å²) in [5, 5.41) is 0. The number of nitrogen functional groups attached to an aromatic ring is 1. The number of ether oxygens (including phenoxy) is 1. The van der Waals surface area contributed by atoms with Crippen molar-refractivity contribution in [1.29, 1.82) is 0 Å². The monoisotopic (exact) mass is 270 g/mol. The van der Waals surface area contributed by atoms with Gasteiger partial charge in [-0.3, -0.25) is 4.79 Å². The molecule has 0 bridgehead atoms. The summed E-state index contributed by atoms with van der Waals surface area (Å²) in [4.78, 5) is 13.9. The second-order valence-electron chi connectivity index (χ2n) is 4.33. The Hall–Kier alpha value is -2.49. The third kappa shape index (κ3) is 3.51. The van der Waals surface area contributed by atoms with E-state index in [0.717, 1.165) is 5.69 Å². The van der Waals surface area contributed by atoms with Crippen molar-refractivity contribution in [3.63, 3.8) is 0 Å². The Morgan fingerprint density at radius 3 is 2.35 bits per heavy atom. The van der Waals surface area contributed by atoms with Gasteiger partial charge in [0, 0.05) is 17.9 Å². The number of anilines is 2. The van der Waals surface area contributed by atoms with E-state index in [1.54, 1.807) is 17.0 Å². The van der Waals surface area contributed by atoms with Gasteiger partial charge in [0.15, 0.2) is 6.61 Å². The first-order chi connectivity index (χ1) is 9.70. The van der Waals surface area contributed by atoms with Gasteiger partial charge in [0.05, 0.1) is 0 Å². The van der Waals surface area contributed by atoms with Crippen LogP contribution in [0.15, 0.2) is 54.6 Å². The smallest absolute Gasteiger partial charge is 0.264 e. The highest BCUT2D eigenvalue weighted by atomic mass is 16.5. The van der Waals surface area contributed by atoms with E-state index in [1.165, 1.54) is 0 Å². The number of likely N-dealkylation sites (N-methyl/N-ethyl adjacent to an activating group) is 1. The molecule has 4 heteroatoms. The van der Waals surface area contributed by atoms with E-state index in [4.69, 9.17) is 10.5 Å². The predicted octanol–water partition coefficient (Wildman–Crippen LogP) is 2.70. The molecule has 0 unspecified atom stereocenters. The molecular formula is C16H18N2O2.